The molecule has 0 spiro atoms. The van der Waals surface area contributed by atoms with Crippen molar-refractivity contribution < 1.29 is 70.5 Å². The van der Waals surface area contributed by atoms with E-state index in [9.17, 15) is 33.2 Å². The molecule has 9 rings (SSSR count). The van der Waals surface area contributed by atoms with Crippen LogP contribution in [0.15, 0.2) is 78.9 Å². The zero-order valence-corrected chi connectivity index (χ0v) is 55.6. The molecule has 5 aliphatic heterocycles. The summed E-state index contributed by atoms with van der Waals surface area (Å²) >= 11 is 0. The van der Waals surface area contributed by atoms with Gasteiger partial charge in [0.15, 0.2) is 0 Å². The second kappa shape index (κ2) is 29.2. The van der Waals surface area contributed by atoms with Crippen molar-refractivity contribution in [3.8, 4) is 0 Å². The number of piperazine rings is 1. The zero-order chi connectivity index (χ0) is 68.1. The topological polar surface area (TPSA) is 241 Å². The van der Waals surface area contributed by atoms with Gasteiger partial charge in [-0.25, -0.2) is 22.8 Å². The van der Waals surface area contributed by atoms with Crippen LogP contribution in [0.25, 0.3) is 0 Å². The van der Waals surface area contributed by atoms with E-state index >= 15 is 18.4 Å². The third kappa shape index (κ3) is 16.9. The van der Waals surface area contributed by atoms with Crippen molar-refractivity contribution in [2.24, 2.45) is 5.92 Å². The predicted octanol–water partition coefficient (Wildman–Crippen LogP) is 7.14. The molecule has 3 fully saturated rings. The van der Waals surface area contributed by atoms with Crippen LogP contribution < -0.4 is 26.2 Å². The van der Waals surface area contributed by atoms with Gasteiger partial charge in [0.05, 0.1) is 31.7 Å². The number of benzene rings is 4. The average Bonchev–Trinajstić information content (AvgIpc) is 1.56. The van der Waals surface area contributed by atoms with Crippen molar-refractivity contribution in [3.05, 3.63) is 124 Å². The highest BCUT2D eigenvalue weighted by atomic mass is 19.1. The van der Waals surface area contributed by atoms with Gasteiger partial charge in [-0.2, -0.15) is 0 Å². The Morgan fingerprint density at radius 1 is 0.766 bits per heavy atom. The summed E-state index contributed by atoms with van der Waals surface area (Å²) in [6.45, 7) is 20.3. The summed E-state index contributed by atoms with van der Waals surface area (Å²) in [5.41, 5.74) is 0.326. The number of ether oxygens (including phenoxy) is 4. The summed E-state index contributed by atoms with van der Waals surface area (Å²) in [6.07, 6.45) is -0.274. The number of amides is 8. The molecule has 3 saturated heterocycles. The quantitative estimate of drug-likeness (QED) is 0.0822. The van der Waals surface area contributed by atoms with Gasteiger partial charge in [0.1, 0.15) is 52.5 Å². The number of nitrogens with one attached hydrogen (secondary N) is 4. The number of rotatable bonds is 17. The molecule has 5 heterocycles. The van der Waals surface area contributed by atoms with Crippen LogP contribution in [0.4, 0.5) is 39.8 Å². The van der Waals surface area contributed by atoms with Crippen molar-refractivity contribution in [2.45, 2.75) is 154 Å². The van der Waals surface area contributed by atoms with E-state index in [1.54, 1.807) is 67.8 Å². The molecular weight excluding hydrogens is 1220 g/mol. The second-order valence-electron chi connectivity index (χ2n) is 27.6. The minimum atomic E-state index is -1.37. The fourth-order valence-electron chi connectivity index (χ4n) is 12.8. The molecule has 0 unspecified atom stereocenters. The number of fused-ring (bicyclic) bond motifs is 2. The Balaban J connectivity index is 0.939. The molecule has 0 radical (unpaired) electrons. The van der Waals surface area contributed by atoms with Crippen molar-refractivity contribution in [1.82, 2.24) is 35.1 Å². The number of carbonyl (C=O) groups excluding carboxylic acids is 8. The number of morpholine rings is 1. The van der Waals surface area contributed by atoms with E-state index in [0.717, 1.165) is 34.2 Å². The van der Waals surface area contributed by atoms with Crippen molar-refractivity contribution in [3.63, 3.8) is 0 Å². The summed E-state index contributed by atoms with van der Waals surface area (Å²) in [4.78, 5) is 125. The molecule has 8 amide bonds. The molecule has 7 atom stereocenters. The number of nitrogens with zero attached hydrogens (tertiary/aromatic N) is 6. The fourth-order valence-corrected chi connectivity index (χ4v) is 12.8. The summed E-state index contributed by atoms with van der Waals surface area (Å²) in [5, 5.41) is 10.9. The van der Waals surface area contributed by atoms with Crippen LogP contribution in [0.5, 0.6) is 0 Å². The van der Waals surface area contributed by atoms with Crippen LogP contribution in [0.3, 0.4) is 0 Å². The first-order valence-electron chi connectivity index (χ1n) is 32.2. The van der Waals surface area contributed by atoms with E-state index in [0.29, 0.717) is 81.0 Å². The molecule has 25 heteroatoms. The number of likely N-dealkylation sites (N-methyl/N-ethyl adjacent to an activating group) is 1. The molecule has 4 N–H and O–H groups in total. The Morgan fingerprint density at radius 2 is 1.45 bits per heavy atom. The average molecular weight is 1310 g/mol. The Labute approximate surface area is 547 Å². The molecule has 0 saturated carbocycles. The van der Waals surface area contributed by atoms with Gasteiger partial charge < -0.3 is 54.9 Å². The lowest BCUT2D eigenvalue weighted by Crippen LogP contribution is -2.64. The Bertz CT molecular complexity index is 3470. The zero-order valence-electron chi connectivity index (χ0n) is 55.6. The molecule has 0 bridgehead atoms. The van der Waals surface area contributed by atoms with Gasteiger partial charge in [0.2, 0.25) is 35.4 Å². The van der Waals surface area contributed by atoms with Crippen molar-refractivity contribution >= 4 is 64.7 Å². The highest BCUT2D eigenvalue weighted by Gasteiger charge is 2.49. The number of hydrogen-bond acceptors (Lipinski definition) is 14. The van der Waals surface area contributed by atoms with E-state index in [4.69, 9.17) is 18.9 Å². The predicted molar refractivity (Wildman–Crippen MR) is 345 cm³/mol. The highest BCUT2D eigenvalue weighted by molar-refractivity contribution is 6.04. The van der Waals surface area contributed by atoms with Crippen LogP contribution in [0.1, 0.15) is 110 Å². The normalized spacial score (nSPS) is 21.8. The van der Waals surface area contributed by atoms with E-state index in [2.05, 4.69) is 38.0 Å². The van der Waals surface area contributed by atoms with E-state index in [1.165, 1.54) is 31.0 Å². The maximum atomic E-state index is 15.3. The van der Waals surface area contributed by atoms with E-state index in [-0.39, 0.29) is 74.8 Å². The lowest BCUT2D eigenvalue weighted by atomic mass is 9.83. The van der Waals surface area contributed by atoms with Crippen LogP contribution >= 0.6 is 0 Å². The monoisotopic (exact) mass is 1310 g/mol. The first-order chi connectivity index (χ1) is 44.4. The molecule has 5 aliphatic rings. The van der Waals surface area contributed by atoms with Crippen LogP contribution in [-0.4, -0.2) is 199 Å². The second-order valence-corrected chi connectivity index (χ2v) is 27.6. The molecular formula is C69H89F3N10O12. The lowest BCUT2D eigenvalue weighted by Gasteiger charge is -2.47. The lowest BCUT2D eigenvalue weighted by molar-refractivity contribution is -0.146. The third-order valence-corrected chi connectivity index (χ3v) is 18.2. The number of carbonyl (C=O) groups is 8. The molecule has 4 aromatic carbocycles. The van der Waals surface area contributed by atoms with Gasteiger partial charge in [-0.3, -0.25) is 43.5 Å². The minimum absolute atomic E-state index is 0.0482. The first kappa shape index (κ1) is 70.2. The number of para-hydroxylation sites is 1. The molecule has 94 heavy (non-hydrogen) atoms. The van der Waals surface area contributed by atoms with Gasteiger partial charge >= 0.3 is 12.2 Å². The maximum absolute atomic E-state index is 15.3. The number of anilines is 3. The van der Waals surface area contributed by atoms with Gasteiger partial charge in [-0.05, 0) is 165 Å². The highest BCUT2D eigenvalue weighted by Crippen LogP contribution is 2.43. The third-order valence-electron chi connectivity index (χ3n) is 18.2. The molecule has 22 nitrogen and oxygen atoms in total. The Morgan fingerprint density at radius 3 is 2.12 bits per heavy atom. The Hall–Kier alpha value is -8.13. The molecule has 4 aromatic rings. The largest absolute Gasteiger partial charge is 0.444 e. The first-order valence-corrected chi connectivity index (χ1v) is 32.2. The summed E-state index contributed by atoms with van der Waals surface area (Å²) in [6, 6.07) is 15.4. The fraction of sp³-hybridized carbons (Fsp3) is 0.536. The Kier molecular flexibility index (Phi) is 21.8. The molecule has 508 valence electrons. The number of hydrogen-bond donors (Lipinski definition) is 4. The van der Waals surface area contributed by atoms with Gasteiger partial charge in [0.25, 0.3) is 0 Å². The minimum Gasteiger partial charge on any atom is -0.444 e. The molecule has 0 aromatic heterocycles. The van der Waals surface area contributed by atoms with E-state index in [1.807, 2.05) is 45.9 Å². The van der Waals surface area contributed by atoms with Crippen LogP contribution in [0, 0.1) is 23.4 Å². The van der Waals surface area contributed by atoms with Crippen LogP contribution in [0.2, 0.25) is 0 Å². The van der Waals surface area contributed by atoms with Gasteiger partial charge in [-0.1, -0.05) is 36.4 Å². The standard InChI is InChI=1S/C69H89F3N10O12/c1-41-34-79(51(36-78-25-28-92-39-42(78)2)37-80(41)66(90)94-68(7,8)9)38-58(84)82-40-69(10,52-22-17-45(30-55(52)82)29-44-15-19-49(70)20-16-44)64(88)73-33-57(83)74-50-21-18-47-32-56(62(86)76-60-53(71)13-12-14-54(60)72)81(35-48(47)31-50)63(87)59(46-23-26-91-27-24-46)75-61(85)43(3)77(11)65(89)93-67(4,5)6/h12-22,30-31,41-43,46,51,56,59H,23-29,32-40H2,1-11H3,(H,73,88)(H,74,83)(H,75,85)(H,76,86)/t41-,42+,43-,51-,56-,59-,69+/m0/s1. The van der Waals surface area contributed by atoms with Crippen molar-refractivity contribution in [1.29, 1.82) is 0 Å². The maximum Gasteiger partial charge on any atom is 0.410 e. The molecule has 0 aliphatic carbocycles. The van der Waals surface area contributed by atoms with Gasteiger partial charge in [-0.15, -0.1) is 0 Å². The van der Waals surface area contributed by atoms with Gasteiger partial charge in [0, 0.05) is 95.5 Å². The van der Waals surface area contributed by atoms with Crippen molar-refractivity contribution in [2.75, 3.05) is 94.8 Å². The SMILES string of the molecule is C[C@@H]1COCCN1C[C@H]1CN(C(=O)OC(C)(C)C)[C@@H](C)CN1CC(=O)N1C[C@@](C)(C(=O)NCC(=O)Nc2ccc3c(c2)CN(C(=O)[C@@H](NC(=O)[C@H](C)N(C)C(=O)OC(C)(C)C)C2CCOCC2)[C@H](C(=O)Nc2c(F)cccc2F)C3)c2ccc(Cc3ccc(F)cc3)cc21. The summed E-state index contributed by atoms with van der Waals surface area (Å²) in [7, 11) is 1.39. The summed E-state index contributed by atoms with van der Waals surface area (Å²) < 4.78 is 66.9. The van der Waals surface area contributed by atoms with Crippen LogP contribution in [-0.2, 0) is 72.5 Å². The van der Waals surface area contributed by atoms with E-state index < -0.39 is 106 Å². The summed E-state index contributed by atoms with van der Waals surface area (Å²) in [5.74, 6) is -6.70. The smallest absolute Gasteiger partial charge is 0.410 e. The number of halogens is 3.